The van der Waals surface area contributed by atoms with Gasteiger partial charge in [0.25, 0.3) is 0 Å². The maximum atomic E-state index is 9.54. The lowest BCUT2D eigenvalue weighted by atomic mass is 9.95. The molecule has 1 rings (SSSR count). The summed E-state index contributed by atoms with van der Waals surface area (Å²) in [6, 6.07) is 0.465. The largest absolute Gasteiger partial charge is 0.389 e. The van der Waals surface area contributed by atoms with E-state index in [4.69, 9.17) is 9.47 Å². The summed E-state index contributed by atoms with van der Waals surface area (Å²) in [6.07, 6.45) is 2.01. The average Bonchev–Trinajstić information content (AvgIpc) is 2.27. The number of rotatable bonds is 6. The topological polar surface area (TPSA) is 50.7 Å². The summed E-state index contributed by atoms with van der Waals surface area (Å²) in [5.41, 5.74) is 0. The van der Waals surface area contributed by atoms with E-state index in [1.807, 2.05) is 0 Å². The lowest BCUT2D eigenvalue weighted by Gasteiger charge is -2.32. The first-order chi connectivity index (χ1) is 7.63. The molecule has 3 atom stereocenters. The molecule has 0 amide bonds. The highest BCUT2D eigenvalue weighted by Crippen LogP contribution is 2.19. The van der Waals surface area contributed by atoms with Gasteiger partial charge in [-0.2, -0.15) is 0 Å². The smallest absolute Gasteiger partial charge is 0.0897 e. The van der Waals surface area contributed by atoms with Gasteiger partial charge < -0.3 is 19.9 Å². The van der Waals surface area contributed by atoms with E-state index in [2.05, 4.69) is 19.2 Å². The van der Waals surface area contributed by atoms with Crippen molar-refractivity contribution >= 4 is 0 Å². The standard InChI is InChI=1S/C12H25NO3/c1-9(2)12-6-10(4-5-16-12)13-7-11(14)8-15-3/h9-14H,4-8H2,1-3H3. The molecule has 4 heteroatoms. The molecule has 1 saturated heterocycles. The first kappa shape index (κ1) is 13.9. The summed E-state index contributed by atoms with van der Waals surface area (Å²) >= 11 is 0. The molecule has 0 saturated carbocycles. The number of hydrogen-bond donors (Lipinski definition) is 2. The van der Waals surface area contributed by atoms with Crippen LogP contribution in [-0.2, 0) is 9.47 Å². The van der Waals surface area contributed by atoms with Crippen LogP contribution >= 0.6 is 0 Å². The number of nitrogens with one attached hydrogen (secondary N) is 1. The maximum absolute atomic E-state index is 9.54. The molecule has 1 fully saturated rings. The third kappa shape index (κ3) is 4.78. The molecule has 0 spiro atoms. The van der Waals surface area contributed by atoms with Gasteiger partial charge in [-0.05, 0) is 18.8 Å². The van der Waals surface area contributed by atoms with Gasteiger partial charge in [-0.25, -0.2) is 0 Å². The van der Waals surface area contributed by atoms with E-state index in [0.29, 0.717) is 31.2 Å². The number of aliphatic hydroxyl groups excluding tert-OH is 1. The fourth-order valence-electron chi connectivity index (χ4n) is 2.03. The second kappa shape index (κ2) is 7.22. The molecular formula is C12H25NO3. The van der Waals surface area contributed by atoms with Crippen LogP contribution in [0.15, 0.2) is 0 Å². The lowest BCUT2D eigenvalue weighted by molar-refractivity contribution is -0.0270. The molecule has 0 bridgehead atoms. The molecule has 0 aliphatic carbocycles. The van der Waals surface area contributed by atoms with Crippen LogP contribution in [0.3, 0.4) is 0 Å². The van der Waals surface area contributed by atoms with Crippen LogP contribution in [0.2, 0.25) is 0 Å². The van der Waals surface area contributed by atoms with E-state index in [1.54, 1.807) is 7.11 Å². The zero-order valence-electron chi connectivity index (χ0n) is 10.6. The van der Waals surface area contributed by atoms with Gasteiger partial charge in [0.05, 0.1) is 18.8 Å². The molecule has 3 unspecified atom stereocenters. The van der Waals surface area contributed by atoms with E-state index < -0.39 is 6.10 Å². The number of aliphatic hydroxyl groups is 1. The van der Waals surface area contributed by atoms with Crippen LogP contribution in [0.5, 0.6) is 0 Å². The predicted octanol–water partition coefficient (Wildman–Crippen LogP) is 0.787. The number of methoxy groups -OCH3 is 1. The monoisotopic (exact) mass is 231 g/mol. The quantitative estimate of drug-likeness (QED) is 0.709. The van der Waals surface area contributed by atoms with Gasteiger partial charge >= 0.3 is 0 Å². The normalized spacial score (nSPS) is 28.3. The minimum absolute atomic E-state index is 0.353. The number of hydrogen-bond acceptors (Lipinski definition) is 4. The van der Waals surface area contributed by atoms with E-state index in [1.165, 1.54) is 0 Å². The van der Waals surface area contributed by atoms with Crippen molar-refractivity contribution in [3.05, 3.63) is 0 Å². The number of ether oxygens (including phenoxy) is 2. The molecule has 0 aromatic rings. The Morgan fingerprint density at radius 1 is 1.50 bits per heavy atom. The summed E-state index contributed by atoms with van der Waals surface area (Å²) in [5.74, 6) is 0.563. The van der Waals surface area contributed by atoms with Gasteiger partial charge in [0.15, 0.2) is 0 Å². The minimum Gasteiger partial charge on any atom is -0.389 e. The van der Waals surface area contributed by atoms with Crippen molar-refractivity contribution < 1.29 is 14.6 Å². The van der Waals surface area contributed by atoms with Crippen LogP contribution in [0.25, 0.3) is 0 Å². The van der Waals surface area contributed by atoms with Gasteiger partial charge in [-0.3, -0.25) is 0 Å². The predicted molar refractivity (Wildman–Crippen MR) is 63.5 cm³/mol. The van der Waals surface area contributed by atoms with Gasteiger partial charge in [0, 0.05) is 26.3 Å². The van der Waals surface area contributed by atoms with Crippen molar-refractivity contribution in [2.24, 2.45) is 5.92 Å². The lowest BCUT2D eigenvalue weighted by Crippen LogP contribution is -2.44. The molecule has 16 heavy (non-hydrogen) atoms. The van der Waals surface area contributed by atoms with Crippen molar-refractivity contribution in [2.75, 3.05) is 26.9 Å². The molecule has 2 N–H and O–H groups in total. The zero-order chi connectivity index (χ0) is 12.0. The summed E-state index contributed by atoms with van der Waals surface area (Å²) in [4.78, 5) is 0. The van der Waals surface area contributed by atoms with Gasteiger partial charge in [-0.15, -0.1) is 0 Å². The van der Waals surface area contributed by atoms with Crippen LogP contribution in [-0.4, -0.2) is 50.2 Å². The highest BCUT2D eigenvalue weighted by Gasteiger charge is 2.24. The highest BCUT2D eigenvalue weighted by atomic mass is 16.5. The SMILES string of the molecule is COCC(O)CNC1CCOC(C(C)C)C1. The molecule has 4 nitrogen and oxygen atoms in total. The van der Waals surface area contributed by atoms with Crippen molar-refractivity contribution in [1.82, 2.24) is 5.32 Å². The third-order valence-corrected chi connectivity index (χ3v) is 3.06. The van der Waals surface area contributed by atoms with Gasteiger partial charge in [0.1, 0.15) is 0 Å². The Balaban J connectivity index is 2.21. The Morgan fingerprint density at radius 2 is 2.25 bits per heavy atom. The van der Waals surface area contributed by atoms with Crippen LogP contribution in [0.1, 0.15) is 26.7 Å². The van der Waals surface area contributed by atoms with Crippen molar-refractivity contribution in [3.63, 3.8) is 0 Å². The van der Waals surface area contributed by atoms with E-state index >= 15 is 0 Å². The molecule has 0 radical (unpaired) electrons. The first-order valence-corrected chi connectivity index (χ1v) is 6.15. The Hall–Kier alpha value is -0.160. The van der Waals surface area contributed by atoms with Gasteiger partial charge in [-0.1, -0.05) is 13.8 Å². The van der Waals surface area contributed by atoms with Crippen LogP contribution < -0.4 is 5.32 Å². The second-order valence-corrected chi connectivity index (χ2v) is 4.89. The van der Waals surface area contributed by atoms with E-state index in [9.17, 15) is 5.11 Å². The second-order valence-electron chi connectivity index (χ2n) is 4.89. The van der Waals surface area contributed by atoms with Crippen LogP contribution in [0, 0.1) is 5.92 Å². The molecule has 1 heterocycles. The molecular weight excluding hydrogens is 206 g/mol. The third-order valence-electron chi connectivity index (χ3n) is 3.06. The summed E-state index contributed by atoms with van der Waals surface area (Å²) in [5, 5.41) is 12.9. The average molecular weight is 231 g/mol. The van der Waals surface area contributed by atoms with E-state index in [0.717, 1.165) is 19.4 Å². The Bertz CT molecular complexity index is 187. The molecule has 1 aliphatic heterocycles. The molecule has 96 valence electrons. The van der Waals surface area contributed by atoms with E-state index in [-0.39, 0.29) is 0 Å². The van der Waals surface area contributed by atoms with Crippen molar-refractivity contribution in [1.29, 1.82) is 0 Å². The van der Waals surface area contributed by atoms with Gasteiger partial charge in [0.2, 0.25) is 0 Å². The molecule has 1 aliphatic rings. The molecule has 0 aromatic heterocycles. The summed E-state index contributed by atoms with van der Waals surface area (Å²) < 4.78 is 10.6. The van der Waals surface area contributed by atoms with Crippen molar-refractivity contribution in [2.45, 2.75) is 44.9 Å². The first-order valence-electron chi connectivity index (χ1n) is 6.15. The molecule has 0 aromatic carbocycles. The Labute approximate surface area is 98.3 Å². The van der Waals surface area contributed by atoms with Crippen LogP contribution in [0.4, 0.5) is 0 Å². The Kier molecular flexibility index (Phi) is 6.28. The Morgan fingerprint density at radius 3 is 2.88 bits per heavy atom. The highest BCUT2D eigenvalue weighted by molar-refractivity contribution is 4.79. The zero-order valence-corrected chi connectivity index (χ0v) is 10.6. The van der Waals surface area contributed by atoms with Crippen molar-refractivity contribution in [3.8, 4) is 0 Å². The summed E-state index contributed by atoms with van der Waals surface area (Å²) in [6.45, 7) is 6.19. The maximum Gasteiger partial charge on any atom is 0.0897 e. The fourth-order valence-corrected chi connectivity index (χ4v) is 2.03. The fraction of sp³-hybridized carbons (Fsp3) is 1.00. The minimum atomic E-state index is -0.412. The summed E-state index contributed by atoms with van der Waals surface area (Å²) in [7, 11) is 1.60.